The van der Waals surface area contributed by atoms with Crippen molar-refractivity contribution < 1.29 is 9.53 Å². The molecule has 0 heterocycles. The van der Waals surface area contributed by atoms with Gasteiger partial charge in [-0.3, -0.25) is 0 Å². The fourth-order valence-corrected chi connectivity index (χ4v) is 2.21. The van der Waals surface area contributed by atoms with Gasteiger partial charge in [0.2, 0.25) is 0 Å². The van der Waals surface area contributed by atoms with Crippen LogP contribution in [0.5, 0.6) is 0 Å². The van der Waals surface area contributed by atoms with E-state index in [1.54, 1.807) is 19.1 Å². The molecule has 1 aromatic rings. The van der Waals surface area contributed by atoms with Gasteiger partial charge < -0.3 is 10.5 Å². The number of hydrogen-bond acceptors (Lipinski definition) is 3. The van der Waals surface area contributed by atoms with Crippen molar-refractivity contribution in [2.45, 2.75) is 45.6 Å². The number of carbonyl (C=O) groups excluding carboxylic acids is 1. The molecule has 0 aromatic heterocycles. The molecule has 2 rings (SSSR count). The molecule has 1 aliphatic rings. The summed E-state index contributed by atoms with van der Waals surface area (Å²) >= 11 is 0. The molecular formula is C16H23NO2. The first kappa shape index (κ1) is 14.1. The van der Waals surface area contributed by atoms with Gasteiger partial charge in [-0.15, -0.1) is 0 Å². The Bertz CT molecular complexity index is 435. The zero-order valence-corrected chi connectivity index (χ0v) is 11.8. The number of carbonyl (C=O) groups is 1. The van der Waals surface area contributed by atoms with Crippen molar-refractivity contribution in [3.63, 3.8) is 0 Å². The third kappa shape index (κ3) is 3.80. The normalized spacial score (nSPS) is 17.8. The zero-order chi connectivity index (χ0) is 13.9. The van der Waals surface area contributed by atoms with Crippen LogP contribution in [0.2, 0.25) is 0 Å². The monoisotopic (exact) mass is 261 g/mol. The third-order valence-corrected chi connectivity index (χ3v) is 4.01. The van der Waals surface area contributed by atoms with Gasteiger partial charge in [-0.05, 0) is 55.7 Å². The van der Waals surface area contributed by atoms with E-state index in [2.05, 4.69) is 6.92 Å². The molecule has 1 atom stereocenters. The second kappa shape index (κ2) is 5.74. The lowest BCUT2D eigenvalue weighted by Gasteiger charge is -2.15. The van der Waals surface area contributed by atoms with Crippen molar-refractivity contribution in [1.29, 1.82) is 0 Å². The van der Waals surface area contributed by atoms with Gasteiger partial charge in [-0.25, -0.2) is 4.79 Å². The standard InChI is InChI=1S/C16H23NO2/c1-3-19-15(18)13-6-4-12(5-7-13)14(17)8-9-16(2)10-11-16/h4-7,14H,3,8-11,17H2,1-2H3/t14-/m1/s1. The largest absolute Gasteiger partial charge is 0.462 e. The topological polar surface area (TPSA) is 52.3 Å². The van der Waals surface area contributed by atoms with E-state index in [0.717, 1.165) is 12.0 Å². The van der Waals surface area contributed by atoms with Crippen LogP contribution in [0.4, 0.5) is 0 Å². The predicted molar refractivity (Wildman–Crippen MR) is 75.9 cm³/mol. The van der Waals surface area contributed by atoms with E-state index >= 15 is 0 Å². The molecule has 104 valence electrons. The van der Waals surface area contributed by atoms with Gasteiger partial charge in [0.15, 0.2) is 0 Å². The van der Waals surface area contributed by atoms with Crippen LogP contribution >= 0.6 is 0 Å². The van der Waals surface area contributed by atoms with Crippen molar-refractivity contribution in [3.05, 3.63) is 35.4 Å². The van der Waals surface area contributed by atoms with E-state index in [0.29, 0.717) is 17.6 Å². The number of nitrogens with two attached hydrogens (primary N) is 1. The molecule has 3 nitrogen and oxygen atoms in total. The molecule has 0 bridgehead atoms. The van der Waals surface area contributed by atoms with Gasteiger partial charge in [0.25, 0.3) is 0 Å². The molecule has 0 spiro atoms. The Hall–Kier alpha value is -1.35. The Labute approximate surface area is 115 Å². The van der Waals surface area contributed by atoms with Crippen molar-refractivity contribution in [2.75, 3.05) is 6.61 Å². The Morgan fingerprint density at radius 3 is 2.53 bits per heavy atom. The van der Waals surface area contributed by atoms with E-state index in [1.807, 2.05) is 12.1 Å². The summed E-state index contributed by atoms with van der Waals surface area (Å²) in [6.07, 6.45) is 4.87. The fraction of sp³-hybridized carbons (Fsp3) is 0.562. The van der Waals surface area contributed by atoms with Crippen LogP contribution in [0.1, 0.15) is 61.5 Å². The Morgan fingerprint density at radius 2 is 2.00 bits per heavy atom. The molecule has 1 aliphatic carbocycles. The van der Waals surface area contributed by atoms with Crippen LogP contribution in [0, 0.1) is 5.41 Å². The van der Waals surface area contributed by atoms with Crippen molar-refractivity contribution in [3.8, 4) is 0 Å². The van der Waals surface area contributed by atoms with Crippen LogP contribution in [0.15, 0.2) is 24.3 Å². The Morgan fingerprint density at radius 1 is 1.37 bits per heavy atom. The third-order valence-electron chi connectivity index (χ3n) is 4.01. The summed E-state index contributed by atoms with van der Waals surface area (Å²) in [7, 11) is 0. The van der Waals surface area contributed by atoms with Gasteiger partial charge in [-0.2, -0.15) is 0 Å². The van der Waals surface area contributed by atoms with Crippen LogP contribution < -0.4 is 5.73 Å². The minimum Gasteiger partial charge on any atom is -0.462 e. The second-order valence-corrected chi connectivity index (χ2v) is 5.80. The molecule has 1 saturated carbocycles. The molecule has 19 heavy (non-hydrogen) atoms. The van der Waals surface area contributed by atoms with Crippen LogP contribution in [0.25, 0.3) is 0 Å². The summed E-state index contributed by atoms with van der Waals surface area (Å²) in [5, 5.41) is 0. The summed E-state index contributed by atoms with van der Waals surface area (Å²) in [6.45, 7) is 4.53. The van der Waals surface area contributed by atoms with E-state index < -0.39 is 0 Å². The van der Waals surface area contributed by atoms with E-state index in [1.165, 1.54) is 19.3 Å². The molecule has 0 saturated heterocycles. The Kier molecular flexibility index (Phi) is 4.25. The first-order valence-electron chi connectivity index (χ1n) is 7.07. The van der Waals surface area contributed by atoms with Gasteiger partial charge >= 0.3 is 5.97 Å². The highest BCUT2D eigenvalue weighted by molar-refractivity contribution is 5.89. The van der Waals surface area contributed by atoms with E-state index in [4.69, 9.17) is 10.5 Å². The van der Waals surface area contributed by atoms with Crippen molar-refractivity contribution in [2.24, 2.45) is 11.1 Å². The summed E-state index contributed by atoms with van der Waals surface area (Å²) in [5.41, 5.74) is 8.43. The number of ether oxygens (including phenoxy) is 1. The molecule has 2 N–H and O–H groups in total. The first-order chi connectivity index (χ1) is 9.04. The molecule has 3 heteroatoms. The minimum atomic E-state index is -0.270. The van der Waals surface area contributed by atoms with Gasteiger partial charge in [0.1, 0.15) is 0 Å². The number of hydrogen-bond donors (Lipinski definition) is 1. The van der Waals surface area contributed by atoms with Gasteiger partial charge in [0, 0.05) is 6.04 Å². The average molecular weight is 261 g/mol. The molecule has 0 aliphatic heterocycles. The van der Waals surface area contributed by atoms with E-state index in [9.17, 15) is 4.79 Å². The number of rotatable bonds is 6. The van der Waals surface area contributed by atoms with Crippen LogP contribution in [-0.2, 0) is 4.74 Å². The summed E-state index contributed by atoms with van der Waals surface area (Å²) in [5.74, 6) is -0.270. The summed E-state index contributed by atoms with van der Waals surface area (Å²) in [6, 6.07) is 7.53. The maximum atomic E-state index is 11.5. The predicted octanol–water partition coefficient (Wildman–Crippen LogP) is 3.44. The van der Waals surface area contributed by atoms with Crippen molar-refractivity contribution >= 4 is 5.97 Å². The van der Waals surface area contributed by atoms with E-state index in [-0.39, 0.29) is 12.0 Å². The molecule has 0 amide bonds. The maximum Gasteiger partial charge on any atom is 0.338 e. The number of esters is 1. The molecule has 0 unspecified atom stereocenters. The molecule has 0 radical (unpaired) electrons. The zero-order valence-electron chi connectivity index (χ0n) is 11.8. The maximum absolute atomic E-state index is 11.5. The minimum absolute atomic E-state index is 0.0636. The summed E-state index contributed by atoms with van der Waals surface area (Å²) < 4.78 is 4.96. The fourth-order valence-electron chi connectivity index (χ4n) is 2.21. The second-order valence-electron chi connectivity index (χ2n) is 5.80. The first-order valence-corrected chi connectivity index (χ1v) is 7.07. The SMILES string of the molecule is CCOC(=O)c1ccc([C@H](N)CCC2(C)CC2)cc1. The lowest BCUT2D eigenvalue weighted by molar-refractivity contribution is 0.0526. The molecule has 1 fully saturated rings. The average Bonchev–Trinajstić information content (AvgIpc) is 3.15. The quantitative estimate of drug-likeness (QED) is 0.798. The lowest BCUT2D eigenvalue weighted by atomic mass is 9.95. The Balaban J connectivity index is 1.91. The summed E-state index contributed by atoms with van der Waals surface area (Å²) in [4.78, 5) is 11.5. The highest BCUT2D eigenvalue weighted by atomic mass is 16.5. The highest BCUT2D eigenvalue weighted by Gasteiger charge is 2.36. The number of benzene rings is 1. The van der Waals surface area contributed by atoms with Crippen LogP contribution in [0.3, 0.4) is 0 Å². The van der Waals surface area contributed by atoms with Crippen molar-refractivity contribution in [1.82, 2.24) is 0 Å². The smallest absolute Gasteiger partial charge is 0.338 e. The van der Waals surface area contributed by atoms with Crippen LogP contribution in [-0.4, -0.2) is 12.6 Å². The highest BCUT2D eigenvalue weighted by Crippen LogP contribution is 2.49. The van der Waals surface area contributed by atoms with Gasteiger partial charge in [0.05, 0.1) is 12.2 Å². The molecular weight excluding hydrogens is 238 g/mol. The van der Waals surface area contributed by atoms with Gasteiger partial charge in [-0.1, -0.05) is 19.1 Å². The lowest BCUT2D eigenvalue weighted by Crippen LogP contribution is -2.12. The molecule has 1 aromatic carbocycles.